The first-order valence-electron chi connectivity index (χ1n) is 6.69. The minimum atomic E-state index is -3.67. The number of nitrogens with one attached hydrogen (secondary N) is 1. The van der Waals surface area contributed by atoms with Gasteiger partial charge in [-0.3, -0.25) is 4.98 Å². The van der Waals surface area contributed by atoms with Crippen LogP contribution in [0.25, 0.3) is 10.9 Å². The third-order valence-corrected chi connectivity index (χ3v) is 4.75. The summed E-state index contributed by atoms with van der Waals surface area (Å²) in [6.45, 7) is 2.18. The molecule has 2 aromatic rings. The largest absolute Gasteiger partial charge is 0.398 e. The molecule has 4 N–H and O–H groups in total. The SMILES string of the molecule is CC(CCO)CNS(=O)(=O)c1ccc(N)c2cccnc12. The van der Waals surface area contributed by atoms with Crippen molar-refractivity contribution in [3.63, 3.8) is 0 Å². The summed E-state index contributed by atoms with van der Waals surface area (Å²) in [5.74, 6) is 0.0535. The Labute approximate surface area is 124 Å². The molecule has 0 bridgehead atoms. The van der Waals surface area contributed by atoms with E-state index in [1.165, 1.54) is 12.3 Å². The van der Waals surface area contributed by atoms with E-state index in [4.69, 9.17) is 10.8 Å². The molecule has 0 spiro atoms. The van der Waals surface area contributed by atoms with Gasteiger partial charge in [-0.15, -0.1) is 0 Å². The van der Waals surface area contributed by atoms with Crippen LogP contribution in [0.15, 0.2) is 35.4 Å². The first-order chi connectivity index (χ1) is 9.95. The maximum absolute atomic E-state index is 12.4. The van der Waals surface area contributed by atoms with Crippen molar-refractivity contribution >= 4 is 26.6 Å². The molecule has 7 heteroatoms. The molecule has 0 saturated heterocycles. The number of pyridine rings is 1. The number of nitrogens with two attached hydrogens (primary N) is 1. The van der Waals surface area contributed by atoms with Crippen LogP contribution in [-0.2, 0) is 10.0 Å². The number of nitrogen functional groups attached to an aromatic ring is 1. The maximum Gasteiger partial charge on any atom is 0.242 e. The molecule has 114 valence electrons. The summed E-state index contributed by atoms with van der Waals surface area (Å²) in [7, 11) is -3.67. The van der Waals surface area contributed by atoms with E-state index in [2.05, 4.69) is 9.71 Å². The van der Waals surface area contributed by atoms with E-state index in [1.807, 2.05) is 6.92 Å². The second-order valence-electron chi connectivity index (χ2n) is 5.02. The van der Waals surface area contributed by atoms with E-state index in [1.54, 1.807) is 18.2 Å². The summed E-state index contributed by atoms with van der Waals surface area (Å²) in [6, 6.07) is 6.48. The lowest BCUT2D eigenvalue weighted by atomic mass is 10.1. The van der Waals surface area contributed by atoms with Crippen molar-refractivity contribution in [2.45, 2.75) is 18.2 Å². The summed E-state index contributed by atoms with van der Waals surface area (Å²) >= 11 is 0. The quantitative estimate of drug-likeness (QED) is 0.693. The molecule has 1 atom stereocenters. The molecule has 6 nitrogen and oxygen atoms in total. The number of aliphatic hydroxyl groups is 1. The number of aromatic nitrogens is 1. The van der Waals surface area contributed by atoms with Gasteiger partial charge < -0.3 is 10.8 Å². The van der Waals surface area contributed by atoms with Crippen LogP contribution in [0.5, 0.6) is 0 Å². The molecule has 1 aromatic heterocycles. The van der Waals surface area contributed by atoms with E-state index in [9.17, 15) is 8.42 Å². The first-order valence-corrected chi connectivity index (χ1v) is 8.17. The van der Waals surface area contributed by atoms with E-state index in [0.29, 0.717) is 23.0 Å². The number of nitrogens with zero attached hydrogens (tertiary/aromatic N) is 1. The van der Waals surface area contributed by atoms with Gasteiger partial charge >= 0.3 is 0 Å². The monoisotopic (exact) mass is 309 g/mol. The Kier molecular flexibility index (Phi) is 4.76. The molecule has 0 aliphatic heterocycles. The first kappa shape index (κ1) is 15.7. The van der Waals surface area contributed by atoms with Crippen LogP contribution >= 0.6 is 0 Å². The second-order valence-corrected chi connectivity index (χ2v) is 6.76. The van der Waals surface area contributed by atoms with Crippen molar-refractivity contribution in [1.29, 1.82) is 0 Å². The minimum Gasteiger partial charge on any atom is -0.398 e. The fourth-order valence-corrected chi connectivity index (χ4v) is 3.36. The average molecular weight is 309 g/mol. The van der Waals surface area contributed by atoms with Gasteiger partial charge in [0, 0.05) is 30.4 Å². The van der Waals surface area contributed by atoms with Crippen LogP contribution in [-0.4, -0.2) is 31.7 Å². The van der Waals surface area contributed by atoms with Gasteiger partial charge in [0.1, 0.15) is 4.90 Å². The minimum absolute atomic E-state index is 0.0370. The van der Waals surface area contributed by atoms with Crippen LogP contribution < -0.4 is 10.5 Å². The van der Waals surface area contributed by atoms with Crippen molar-refractivity contribution < 1.29 is 13.5 Å². The Morgan fingerprint density at radius 1 is 1.38 bits per heavy atom. The van der Waals surface area contributed by atoms with Crippen LogP contribution in [0.1, 0.15) is 13.3 Å². The van der Waals surface area contributed by atoms with Crippen LogP contribution in [0.2, 0.25) is 0 Å². The number of rotatable bonds is 6. The zero-order valence-corrected chi connectivity index (χ0v) is 12.6. The number of aliphatic hydroxyl groups excluding tert-OH is 1. The highest BCUT2D eigenvalue weighted by atomic mass is 32.2. The third kappa shape index (κ3) is 3.49. The Morgan fingerprint density at radius 3 is 2.86 bits per heavy atom. The standard InChI is InChI=1S/C14H19N3O3S/c1-10(6-8-18)9-17-21(19,20)13-5-4-12(15)11-3-2-7-16-14(11)13/h2-5,7,10,17-18H,6,8-9,15H2,1H3. The summed E-state index contributed by atoms with van der Waals surface area (Å²) < 4.78 is 27.4. The van der Waals surface area contributed by atoms with Crippen molar-refractivity contribution in [1.82, 2.24) is 9.71 Å². The molecule has 1 unspecified atom stereocenters. The van der Waals surface area contributed by atoms with Crippen molar-refractivity contribution in [2.75, 3.05) is 18.9 Å². The molecule has 0 saturated carbocycles. The van der Waals surface area contributed by atoms with Gasteiger partial charge in [-0.05, 0) is 36.6 Å². The highest BCUT2D eigenvalue weighted by Gasteiger charge is 2.19. The summed E-state index contributed by atoms with van der Waals surface area (Å²) in [6.07, 6.45) is 2.08. The summed E-state index contributed by atoms with van der Waals surface area (Å²) in [5.41, 5.74) is 6.70. The zero-order valence-electron chi connectivity index (χ0n) is 11.8. The van der Waals surface area contributed by atoms with Gasteiger partial charge in [0.2, 0.25) is 10.0 Å². The smallest absolute Gasteiger partial charge is 0.242 e. The molecule has 0 radical (unpaired) electrons. The molecule has 0 amide bonds. The van der Waals surface area contributed by atoms with E-state index in [0.717, 1.165) is 0 Å². The molecule has 0 aliphatic carbocycles. The summed E-state index contributed by atoms with van der Waals surface area (Å²) in [4.78, 5) is 4.25. The van der Waals surface area contributed by atoms with Crippen molar-refractivity contribution in [3.05, 3.63) is 30.5 Å². The van der Waals surface area contributed by atoms with E-state index >= 15 is 0 Å². The predicted molar refractivity (Wildman–Crippen MR) is 82.2 cm³/mol. The van der Waals surface area contributed by atoms with Gasteiger partial charge in [0.05, 0.1) is 5.52 Å². The molecule has 0 aliphatic rings. The topological polar surface area (TPSA) is 105 Å². The molecule has 1 aromatic carbocycles. The lowest BCUT2D eigenvalue weighted by Crippen LogP contribution is -2.29. The summed E-state index contributed by atoms with van der Waals surface area (Å²) in [5, 5.41) is 9.47. The molecule has 21 heavy (non-hydrogen) atoms. The lowest BCUT2D eigenvalue weighted by Gasteiger charge is -2.13. The van der Waals surface area contributed by atoms with Crippen LogP contribution in [0, 0.1) is 5.92 Å². The fourth-order valence-electron chi connectivity index (χ4n) is 2.04. The van der Waals surface area contributed by atoms with Crippen LogP contribution in [0.3, 0.4) is 0 Å². The Hall–Kier alpha value is -1.70. The Balaban J connectivity index is 2.35. The average Bonchev–Trinajstić information content (AvgIpc) is 2.46. The van der Waals surface area contributed by atoms with Crippen molar-refractivity contribution in [3.8, 4) is 0 Å². The molecular weight excluding hydrogens is 290 g/mol. The number of hydrogen-bond acceptors (Lipinski definition) is 5. The van der Waals surface area contributed by atoms with Gasteiger partial charge in [-0.25, -0.2) is 13.1 Å². The Morgan fingerprint density at radius 2 is 2.14 bits per heavy atom. The molecular formula is C14H19N3O3S. The third-order valence-electron chi connectivity index (χ3n) is 3.30. The highest BCUT2D eigenvalue weighted by Crippen LogP contribution is 2.25. The van der Waals surface area contributed by atoms with Gasteiger partial charge in [-0.1, -0.05) is 6.92 Å². The highest BCUT2D eigenvalue weighted by molar-refractivity contribution is 7.89. The lowest BCUT2D eigenvalue weighted by molar-refractivity contribution is 0.263. The molecule has 2 rings (SSSR count). The van der Waals surface area contributed by atoms with Crippen LogP contribution in [0.4, 0.5) is 5.69 Å². The van der Waals surface area contributed by atoms with Gasteiger partial charge in [0.15, 0.2) is 0 Å². The van der Waals surface area contributed by atoms with E-state index < -0.39 is 10.0 Å². The second kappa shape index (κ2) is 6.38. The molecule has 0 fully saturated rings. The number of benzene rings is 1. The van der Waals surface area contributed by atoms with Crippen molar-refractivity contribution in [2.24, 2.45) is 5.92 Å². The number of fused-ring (bicyclic) bond motifs is 1. The number of hydrogen-bond donors (Lipinski definition) is 3. The van der Waals surface area contributed by atoms with Gasteiger partial charge in [0.25, 0.3) is 0 Å². The Bertz CT molecular complexity index is 731. The molecule has 1 heterocycles. The van der Waals surface area contributed by atoms with Gasteiger partial charge in [-0.2, -0.15) is 0 Å². The normalized spacial score (nSPS) is 13.4. The number of anilines is 1. The predicted octanol–water partition coefficient (Wildman–Crippen LogP) is 1.11. The van der Waals surface area contributed by atoms with E-state index in [-0.39, 0.29) is 24.0 Å². The maximum atomic E-state index is 12.4. The number of sulfonamides is 1. The fraction of sp³-hybridized carbons (Fsp3) is 0.357. The zero-order chi connectivity index (χ0) is 15.5.